The molecule has 1 heterocycles. The molecule has 0 spiro atoms. The molecule has 0 atom stereocenters. The van der Waals surface area contributed by atoms with E-state index in [0.29, 0.717) is 0 Å². The van der Waals surface area contributed by atoms with Gasteiger partial charge in [0.15, 0.2) is 5.69 Å². The molecule has 2 rings (SSSR count). The fourth-order valence-electron chi connectivity index (χ4n) is 2.06. The molecular weight excluding hydrogens is 357 g/mol. The molecule has 0 aliphatic carbocycles. The number of nitrogens with zero attached hydrogens (tertiary/aromatic N) is 1. The molecule has 0 saturated heterocycles. The summed E-state index contributed by atoms with van der Waals surface area (Å²) in [5.41, 5.74) is 5.49. The number of amides is 1. The van der Waals surface area contributed by atoms with Gasteiger partial charge in [0, 0.05) is 23.3 Å². The minimum atomic E-state index is -4.52. The Morgan fingerprint density at radius 1 is 1.20 bits per heavy atom. The molecule has 0 saturated carbocycles. The molecule has 4 N–H and O–H groups in total. The summed E-state index contributed by atoms with van der Waals surface area (Å²) in [5.74, 6) is -0.593. The fourth-order valence-corrected chi connectivity index (χ4v) is 2.06. The van der Waals surface area contributed by atoms with Crippen LogP contribution in [0.15, 0.2) is 24.3 Å². The van der Waals surface area contributed by atoms with Gasteiger partial charge in [-0.25, -0.2) is 0 Å². The Morgan fingerprint density at radius 3 is 2.32 bits per heavy atom. The van der Waals surface area contributed by atoms with Crippen molar-refractivity contribution in [3.8, 4) is 0 Å². The number of nitrogens with one attached hydrogen (secondary N) is 2. The lowest BCUT2D eigenvalue weighted by Crippen LogP contribution is -2.15. The third kappa shape index (κ3) is 5.20. The van der Waals surface area contributed by atoms with Gasteiger partial charge < -0.3 is 11.1 Å². The highest BCUT2D eigenvalue weighted by molar-refractivity contribution is 6.03. The first-order chi connectivity index (χ1) is 11.0. The summed E-state index contributed by atoms with van der Waals surface area (Å²) < 4.78 is 38.7. The molecule has 0 unspecified atom stereocenters. The molecule has 2 aromatic rings. The highest BCUT2D eigenvalue weighted by Gasteiger charge is 2.31. The lowest BCUT2D eigenvalue weighted by molar-refractivity contribution is -0.137. The van der Waals surface area contributed by atoms with Crippen molar-refractivity contribution in [2.24, 2.45) is 5.73 Å². The van der Waals surface area contributed by atoms with Crippen LogP contribution in [0.5, 0.6) is 0 Å². The number of alkyl halides is 3. The van der Waals surface area contributed by atoms with Gasteiger partial charge in [-0.2, -0.15) is 18.3 Å². The van der Waals surface area contributed by atoms with E-state index in [1.807, 2.05) is 20.8 Å². The van der Waals surface area contributed by atoms with Gasteiger partial charge in [-0.1, -0.05) is 20.8 Å². The van der Waals surface area contributed by atoms with Gasteiger partial charge in [0.05, 0.1) is 5.56 Å². The first-order valence-corrected chi connectivity index (χ1v) is 7.29. The molecule has 0 radical (unpaired) electrons. The average Bonchev–Trinajstić information content (AvgIpc) is 2.96. The van der Waals surface area contributed by atoms with Gasteiger partial charge in [0.2, 0.25) is 0 Å². The zero-order valence-corrected chi connectivity index (χ0v) is 14.8. The standard InChI is InChI=1S/C16H19F3N4O.ClH/c1-15(2,3)13-7-12(22-23-13)14(24)21-11-5-9(8-20)4-10(6-11)16(17,18)19;/h4-7H,8,20H2,1-3H3,(H,21,24)(H,22,23);1H. The van der Waals surface area contributed by atoms with E-state index in [4.69, 9.17) is 5.73 Å². The van der Waals surface area contributed by atoms with Gasteiger partial charge in [0.1, 0.15) is 0 Å². The summed E-state index contributed by atoms with van der Waals surface area (Å²) in [7, 11) is 0. The van der Waals surface area contributed by atoms with Gasteiger partial charge >= 0.3 is 6.18 Å². The first-order valence-electron chi connectivity index (χ1n) is 7.29. The number of benzene rings is 1. The number of carbonyl (C=O) groups excluding carboxylic acids is 1. The lowest BCUT2D eigenvalue weighted by Gasteiger charge is -2.14. The number of H-pyrrole nitrogens is 1. The Kier molecular flexibility index (Phi) is 6.25. The molecule has 1 aromatic carbocycles. The smallest absolute Gasteiger partial charge is 0.326 e. The van der Waals surface area contributed by atoms with E-state index >= 15 is 0 Å². The molecule has 0 fully saturated rings. The van der Waals surface area contributed by atoms with Gasteiger partial charge in [-0.05, 0) is 29.8 Å². The summed E-state index contributed by atoms with van der Waals surface area (Å²) in [6.45, 7) is 5.77. The van der Waals surface area contributed by atoms with Crippen LogP contribution in [0, 0.1) is 0 Å². The highest BCUT2D eigenvalue weighted by atomic mass is 35.5. The number of nitrogens with two attached hydrogens (primary N) is 1. The summed E-state index contributed by atoms with van der Waals surface area (Å²) in [5, 5.41) is 9.10. The largest absolute Gasteiger partial charge is 0.416 e. The molecule has 1 aromatic heterocycles. The lowest BCUT2D eigenvalue weighted by atomic mass is 9.92. The predicted octanol–water partition coefficient (Wildman–Crippen LogP) is 3.86. The molecule has 9 heteroatoms. The average molecular weight is 377 g/mol. The molecule has 0 aliphatic rings. The number of anilines is 1. The van der Waals surface area contributed by atoms with E-state index < -0.39 is 17.6 Å². The van der Waals surface area contributed by atoms with Gasteiger partial charge in [-0.3, -0.25) is 9.89 Å². The topological polar surface area (TPSA) is 83.8 Å². The molecule has 5 nitrogen and oxygen atoms in total. The quantitative estimate of drug-likeness (QED) is 0.760. The van der Waals surface area contributed by atoms with Crippen molar-refractivity contribution in [3.63, 3.8) is 0 Å². The van der Waals surface area contributed by atoms with E-state index in [0.717, 1.165) is 17.8 Å². The number of rotatable bonds is 3. The minimum absolute atomic E-state index is 0. The van der Waals surface area contributed by atoms with Crippen LogP contribution in [0.4, 0.5) is 18.9 Å². The summed E-state index contributed by atoms with van der Waals surface area (Å²) >= 11 is 0. The summed E-state index contributed by atoms with van der Waals surface area (Å²) in [6.07, 6.45) is -4.52. The summed E-state index contributed by atoms with van der Waals surface area (Å²) in [6, 6.07) is 4.81. The van der Waals surface area contributed by atoms with Crippen LogP contribution >= 0.6 is 12.4 Å². The summed E-state index contributed by atoms with van der Waals surface area (Å²) in [4.78, 5) is 12.2. The second kappa shape index (κ2) is 7.45. The van der Waals surface area contributed by atoms with Crippen molar-refractivity contribution in [2.45, 2.75) is 38.9 Å². The van der Waals surface area contributed by atoms with E-state index in [1.165, 1.54) is 6.07 Å². The number of hydrogen-bond acceptors (Lipinski definition) is 3. The zero-order valence-electron chi connectivity index (χ0n) is 14.0. The molecule has 138 valence electrons. The van der Waals surface area contributed by atoms with E-state index in [2.05, 4.69) is 15.5 Å². The van der Waals surface area contributed by atoms with Crippen LogP contribution in [0.25, 0.3) is 0 Å². The van der Waals surface area contributed by atoms with Crippen molar-refractivity contribution in [2.75, 3.05) is 5.32 Å². The second-order valence-electron chi connectivity index (χ2n) is 6.49. The normalized spacial score (nSPS) is 11.8. The third-order valence-corrected chi connectivity index (χ3v) is 3.43. The van der Waals surface area contributed by atoms with Crippen LogP contribution < -0.4 is 11.1 Å². The molecular formula is C16H20ClF3N4O. The Bertz CT molecular complexity index is 751. The van der Waals surface area contributed by atoms with E-state index in [9.17, 15) is 18.0 Å². The predicted molar refractivity (Wildman–Crippen MR) is 91.8 cm³/mol. The number of hydrogen-bond donors (Lipinski definition) is 3. The maximum absolute atomic E-state index is 12.9. The molecule has 1 amide bonds. The van der Waals surface area contributed by atoms with Crippen molar-refractivity contribution in [1.82, 2.24) is 10.2 Å². The van der Waals surface area contributed by atoms with Crippen LogP contribution in [-0.2, 0) is 18.1 Å². The van der Waals surface area contributed by atoms with Crippen molar-refractivity contribution < 1.29 is 18.0 Å². The zero-order chi connectivity index (χ0) is 18.1. The van der Waals surface area contributed by atoms with Crippen LogP contribution in [-0.4, -0.2) is 16.1 Å². The first kappa shape index (κ1) is 21.0. The van der Waals surface area contributed by atoms with Gasteiger partial charge in [-0.15, -0.1) is 12.4 Å². The van der Waals surface area contributed by atoms with Crippen LogP contribution in [0.3, 0.4) is 0 Å². The van der Waals surface area contributed by atoms with E-state index in [-0.39, 0.29) is 41.3 Å². The van der Waals surface area contributed by atoms with Crippen molar-refractivity contribution in [1.29, 1.82) is 0 Å². The minimum Gasteiger partial charge on any atom is -0.326 e. The van der Waals surface area contributed by atoms with Crippen LogP contribution in [0.2, 0.25) is 0 Å². The van der Waals surface area contributed by atoms with Gasteiger partial charge in [0.25, 0.3) is 5.91 Å². The van der Waals surface area contributed by atoms with Crippen LogP contribution in [0.1, 0.15) is 48.1 Å². The molecule has 0 aliphatic heterocycles. The number of halogens is 4. The SMILES string of the molecule is CC(C)(C)c1cc(C(=O)Nc2cc(CN)cc(C(F)(F)F)c2)n[nH]1.Cl. The Labute approximate surface area is 149 Å². The Hall–Kier alpha value is -2.06. The second-order valence-corrected chi connectivity index (χ2v) is 6.49. The Morgan fingerprint density at radius 2 is 1.84 bits per heavy atom. The maximum Gasteiger partial charge on any atom is 0.416 e. The van der Waals surface area contributed by atoms with E-state index in [1.54, 1.807) is 6.07 Å². The monoisotopic (exact) mass is 376 g/mol. The molecule has 25 heavy (non-hydrogen) atoms. The number of aromatic nitrogens is 2. The van der Waals surface area contributed by atoms with Crippen molar-refractivity contribution in [3.05, 3.63) is 46.8 Å². The van der Waals surface area contributed by atoms with Crippen molar-refractivity contribution >= 4 is 24.0 Å². The third-order valence-electron chi connectivity index (χ3n) is 3.43. The fraction of sp³-hybridized carbons (Fsp3) is 0.375. The highest BCUT2D eigenvalue weighted by Crippen LogP contribution is 2.32. The molecule has 0 bridgehead atoms. The Balaban J connectivity index is 0.00000312. The number of aromatic amines is 1. The number of carbonyl (C=O) groups is 1. The maximum atomic E-state index is 12.9.